The Labute approximate surface area is 110 Å². The summed E-state index contributed by atoms with van der Waals surface area (Å²) in [4.78, 5) is 21.6. The molecule has 2 fully saturated rings. The van der Waals surface area contributed by atoms with Gasteiger partial charge in [-0.2, -0.15) is 4.98 Å². The van der Waals surface area contributed by atoms with Crippen LogP contribution in [-0.2, 0) is 4.79 Å². The second kappa shape index (κ2) is 4.28. The van der Waals surface area contributed by atoms with E-state index < -0.39 is 0 Å². The molecular formula is C11H14ClN5O. The van der Waals surface area contributed by atoms with Crippen LogP contribution in [0.1, 0.15) is 19.3 Å². The first-order valence-corrected chi connectivity index (χ1v) is 6.35. The van der Waals surface area contributed by atoms with Gasteiger partial charge in [-0.3, -0.25) is 4.79 Å². The highest BCUT2D eigenvalue weighted by molar-refractivity contribution is 6.29. The fourth-order valence-corrected chi connectivity index (χ4v) is 2.48. The number of nitrogens with one attached hydrogen (secondary N) is 1. The molecule has 0 aromatic carbocycles. The molecule has 96 valence electrons. The van der Waals surface area contributed by atoms with Gasteiger partial charge in [0, 0.05) is 25.1 Å². The molecule has 2 aliphatic rings. The summed E-state index contributed by atoms with van der Waals surface area (Å²) in [5.41, 5.74) is 5.52. The van der Waals surface area contributed by atoms with E-state index in [-0.39, 0.29) is 17.9 Å². The smallest absolute Gasteiger partial charge is 0.225 e. The first kappa shape index (κ1) is 11.5. The molecule has 1 aliphatic carbocycles. The molecule has 1 aliphatic heterocycles. The van der Waals surface area contributed by atoms with E-state index in [2.05, 4.69) is 15.3 Å². The first-order chi connectivity index (χ1) is 8.61. The standard InChI is InChI=1S/C11H14ClN5O/c12-8-4-9(16-11(13)15-8)14-6-3-10(18)17(5-6)7-1-2-7/h4,6-7H,1-3,5H2,(H3,13,14,15,16). The number of carbonyl (C=O) groups is 1. The van der Waals surface area contributed by atoms with E-state index in [0.29, 0.717) is 23.4 Å². The molecule has 1 saturated heterocycles. The molecule has 3 N–H and O–H groups in total. The molecule has 1 saturated carbocycles. The van der Waals surface area contributed by atoms with Crippen molar-refractivity contribution in [3.05, 3.63) is 11.2 Å². The number of likely N-dealkylation sites (tertiary alicyclic amines) is 1. The van der Waals surface area contributed by atoms with E-state index in [0.717, 1.165) is 19.4 Å². The van der Waals surface area contributed by atoms with E-state index in [1.165, 1.54) is 0 Å². The number of amides is 1. The van der Waals surface area contributed by atoms with Gasteiger partial charge in [-0.1, -0.05) is 11.6 Å². The Hall–Kier alpha value is -1.56. The summed E-state index contributed by atoms with van der Waals surface area (Å²) in [7, 11) is 0. The molecule has 1 atom stereocenters. The van der Waals surface area contributed by atoms with Crippen LogP contribution in [0.25, 0.3) is 0 Å². The van der Waals surface area contributed by atoms with E-state index in [1.807, 2.05) is 4.90 Å². The van der Waals surface area contributed by atoms with Gasteiger partial charge >= 0.3 is 0 Å². The maximum absolute atomic E-state index is 11.8. The third kappa shape index (κ3) is 2.33. The number of rotatable bonds is 3. The number of halogens is 1. The minimum Gasteiger partial charge on any atom is -0.368 e. The Morgan fingerprint density at radius 2 is 2.22 bits per heavy atom. The highest BCUT2D eigenvalue weighted by Gasteiger charge is 2.39. The van der Waals surface area contributed by atoms with E-state index in [9.17, 15) is 4.79 Å². The fraction of sp³-hybridized carbons (Fsp3) is 0.545. The molecule has 3 rings (SSSR count). The highest BCUT2D eigenvalue weighted by atomic mass is 35.5. The summed E-state index contributed by atoms with van der Waals surface area (Å²) < 4.78 is 0. The van der Waals surface area contributed by atoms with Crippen LogP contribution in [0.2, 0.25) is 5.15 Å². The molecule has 1 unspecified atom stereocenters. The fourth-order valence-electron chi connectivity index (χ4n) is 2.29. The summed E-state index contributed by atoms with van der Waals surface area (Å²) >= 11 is 5.80. The summed E-state index contributed by atoms with van der Waals surface area (Å²) in [5, 5.41) is 3.49. The van der Waals surface area contributed by atoms with Crippen LogP contribution in [0.3, 0.4) is 0 Å². The average Bonchev–Trinajstić information content (AvgIpc) is 3.02. The minimum absolute atomic E-state index is 0.0727. The predicted molar refractivity (Wildman–Crippen MR) is 68.2 cm³/mol. The van der Waals surface area contributed by atoms with Gasteiger partial charge in [0.25, 0.3) is 0 Å². The van der Waals surface area contributed by atoms with Crippen LogP contribution in [0.4, 0.5) is 11.8 Å². The average molecular weight is 268 g/mol. The van der Waals surface area contributed by atoms with E-state index in [1.54, 1.807) is 6.07 Å². The zero-order valence-electron chi connectivity index (χ0n) is 9.77. The van der Waals surface area contributed by atoms with Crippen molar-refractivity contribution in [3.63, 3.8) is 0 Å². The number of nitrogens with zero attached hydrogens (tertiary/aromatic N) is 3. The predicted octanol–water partition coefficient (Wildman–Crippen LogP) is 0.887. The Kier molecular flexibility index (Phi) is 2.74. The summed E-state index contributed by atoms with van der Waals surface area (Å²) in [6.45, 7) is 0.727. The maximum Gasteiger partial charge on any atom is 0.225 e. The van der Waals surface area contributed by atoms with Crippen LogP contribution in [0.15, 0.2) is 6.07 Å². The van der Waals surface area contributed by atoms with Gasteiger partial charge < -0.3 is 16.0 Å². The number of aromatic nitrogens is 2. The normalized spacial score (nSPS) is 23.5. The Morgan fingerprint density at radius 3 is 2.89 bits per heavy atom. The van der Waals surface area contributed by atoms with Crippen molar-refractivity contribution < 1.29 is 4.79 Å². The lowest BCUT2D eigenvalue weighted by Gasteiger charge is -2.16. The lowest BCUT2D eigenvalue weighted by Crippen LogP contribution is -2.30. The van der Waals surface area contributed by atoms with Gasteiger partial charge in [-0.15, -0.1) is 0 Å². The van der Waals surface area contributed by atoms with E-state index >= 15 is 0 Å². The molecule has 0 radical (unpaired) electrons. The van der Waals surface area contributed by atoms with Crippen molar-refractivity contribution in [1.82, 2.24) is 14.9 Å². The van der Waals surface area contributed by atoms with Crippen molar-refractivity contribution in [2.45, 2.75) is 31.3 Å². The molecule has 18 heavy (non-hydrogen) atoms. The molecule has 2 heterocycles. The molecule has 0 spiro atoms. The number of carbonyl (C=O) groups excluding carboxylic acids is 1. The van der Waals surface area contributed by atoms with Crippen molar-refractivity contribution in [1.29, 1.82) is 0 Å². The number of hydrogen-bond donors (Lipinski definition) is 2. The van der Waals surface area contributed by atoms with Crippen molar-refractivity contribution in [2.24, 2.45) is 0 Å². The number of nitrogen functional groups attached to an aromatic ring is 1. The second-order valence-corrected chi connectivity index (χ2v) is 5.14. The Morgan fingerprint density at radius 1 is 1.44 bits per heavy atom. The van der Waals surface area contributed by atoms with Gasteiger partial charge in [0.2, 0.25) is 11.9 Å². The molecule has 6 nitrogen and oxygen atoms in total. The largest absolute Gasteiger partial charge is 0.368 e. The second-order valence-electron chi connectivity index (χ2n) is 4.76. The Bertz CT molecular complexity index is 470. The lowest BCUT2D eigenvalue weighted by molar-refractivity contribution is -0.128. The van der Waals surface area contributed by atoms with Crippen molar-refractivity contribution in [2.75, 3.05) is 17.6 Å². The number of anilines is 2. The maximum atomic E-state index is 11.8. The molecular weight excluding hydrogens is 254 g/mol. The zero-order chi connectivity index (χ0) is 12.7. The minimum atomic E-state index is 0.0727. The first-order valence-electron chi connectivity index (χ1n) is 5.98. The SMILES string of the molecule is Nc1nc(Cl)cc(NC2CC(=O)N(C3CC3)C2)n1. The van der Waals surface area contributed by atoms with Gasteiger partial charge in [0.05, 0.1) is 6.04 Å². The van der Waals surface area contributed by atoms with Crippen LogP contribution in [0.5, 0.6) is 0 Å². The zero-order valence-corrected chi connectivity index (χ0v) is 10.5. The third-order valence-corrected chi connectivity index (χ3v) is 3.40. The summed E-state index contributed by atoms with van der Waals surface area (Å²) in [6, 6.07) is 2.15. The van der Waals surface area contributed by atoms with Gasteiger partial charge in [0.15, 0.2) is 0 Å². The Balaban J connectivity index is 1.68. The summed E-state index contributed by atoms with van der Waals surface area (Å²) in [5.74, 6) is 0.916. The molecule has 1 amide bonds. The van der Waals surface area contributed by atoms with Crippen molar-refractivity contribution in [3.8, 4) is 0 Å². The van der Waals surface area contributed by atoms with Crippen LogP contribution >= 0.6 is 11.6 Å². The van der Waals surface area contributed by atoms with Crippen LogP contribution in [-0.4, -0.2) is 39.4 Å². The topological polar surface area (TPSA) is 84.1 Å². The van der Waals surface area contributed by atoms with Gasteiger partial charge in [-0.25, -0.2) is 4.98 Å². The van der Waals surface area contributed by atoms with Crippen LogP contribution in [0, 0.1) is 0 Å². The lowest BCUT2D eigenvalue weighted by atomic mass is 10.2. The van der Waals surface area contributed by atoms with E-state index in [4.69, 9.17) is 17.3 Å². The van der Waals surface area contributed by atoms with Crippen LogP contribution < -0.4 is 11.1 Å². The quantitative estimate of drug-likeness (QED) is 0.795. The van der Waals surface area contributed by atoms with Gasteiger partial charge in [0.1, 0.15) is 11.0 Å². The highest BCUT2D eigenvalue weighted by Crippen LogP contribution is 2.31. The molecule has 1 aromatic heterocycles. The third-order valence-electron chi connectivity index (χ3n) is 3.21. The number of hydrogen-bond acceptors (Lipinski definition) is 5. The molecule has 0 bridgehead atoms. The molecule has 7 heteroatoms. The van der Waals surface area contributed by atoms with Gasteiger partial charge in [-0.05, 0) is 12.8 Å². The molecule has 1 aromatic rings. The van der Waals surface area contributed by atoms with Crippen molar-refractivity contribution >= 4 is 29.3 Å². The summed E-state index contributed by atoms with van der Waals surface area (Å²) in [6.07, 6.45) is 2.76. The number of nitrogens with two attached hydrogens (primary N) is 1. The monoisotopic (exact) mass is 267 g/mol.